The van der Waals surface area contributed by atoms with Crippen LogP contribution in [0, 0.1) is 0 Å². The zero-order valence-corrected chi connectivity index (χ0v) is 19.5. The number of carbonyl (C=O) groups excluding carboxylic acids is 4. The van der Waals surface area contributed by atoms with Crippen molar-refractivity contribution in [2.24, 2.45) is 0 Å². The highest BCUT2D eigenvalue weighted by Crippen LogP contribution is 2.23. The number of benzene rings is 3. The lowest BCUT2D eigenvalue weighted by atomic mass is 10.1. The van der Waals surface area contributed by atoms with Gasteiger partial charge in [-0.25, -0.2) is 9.69 Å². The fraction of sp³-hybridized carbons (Fsp3) is 0.185. The summed E-state index contributed by atoms with van der Waals surface area (Å²) in [5.41, 5.74) is 2.11. The summed E-state index contributed by atoms with van der Waals surface area (Å²) in [6.45, 7) is 0.155. The van der Waals surface area contributed by atoms with Crippen LogP contribution in [0.2, 0.25) is 5.02 Å². The molecule has 8 heteroatoms. The third-order valence-corrected chi connectivity index (χ3v) is 5.91. The number of ketones is 1. The normalized spacial score (nSPS) is 15.3. The van der Waals surface area contributed by atoms with Crippen LogP contribution in [0.25, 0.3) is 0 Å². The van der Waals surface area contributed by atoms with Gasteiger partial charge in [0.25, 0.3) is 5.91 Å². The second-order valence-corrected chi connectivity index (χ2v) is 8.50. The Morgan fingerprint density at radius 3 is 2.26 bits per heavy atom. The van der Waals surface area contributed by atoms with E-state index in [4.69, 9.17) is 16.3 Å². The van der Waals surface area contributed by atoms with Gasteiger partial charge in [-0.05, 0) is 67.1 Å². The van der Waals surface area contributed by atoms with E-state index in [0.29, 0.717) is 22.8 Å². The molecule has 178 valence electrons. The quantitative estimate of drug-likeness (QED) is 0.278. The number of nitrogens with one attached hydrogen (secondary N) is 1. The van der Waals surface area contributed by atoms with E-state index >= 15 is 0 Å². The Morgan fingerprint density at radius 1 is 0.914 bits per heavy atom. The molecule has 1 saturated heterocycles. The maximum Gasteiger partial charge on any atom is 0.338 e. The fourth-order valence-electron chi connectivity index (χ4n) is 3.78. The molecule has 1 fully saturated rings. The van der Waals surface area contributed by atoms with Crippen molar-refractivity contribution in [1.82, 2.24) is 5.32 Å². The van der Waals surface area contributed by atoms with Gasteiger partial charge in [0, 0.05) is 10.6 Å². The third-order valence-electron chi connectivity index (χ3n) is 5.66. The Bertz CT molecular complexity index is 1230. The molecule has 1 aliphatic heterocycles. The molecule has 4 rings (SSSR count). The minimum Gasteiger partial charge on any atom is -0.454 e. The van der Waals surface area contributed by atoms with Gasteiger partial charge < -0.3 is 10.1 Å². The average molecular weight is 491 g/mol. The number of nitrogens with zero attached hydrogens (tertiary/aromatic N) is 1. The molecule has 1 heterocycles. The molecule has 3 aromatic carbocycles. The van der Waals surface area contributed by atoms with E-state index in [9.17, 15) is 19.2 Å². The van der Waals surface area contributed by atoms with Crippen LogP contribution in [0.5, 0.6) is 0 Å². The number of rotatable bonds is 9. The van der Waals surface area contributed by atoms with Crippen LogP contribution >= 0.6 is 11.6 Å². The monoisotopic (exact) mass is 490 g/mol. The molecule has 0 saturated carbocycles. The first-order chi connectivity index (χ1) is 16.9. The van der Waals surface area contributed by atoms with E-state index in [-0.39, 0.29) is 29.6 Å². The smallest absolute Gasteiger partial charge is 0.338 e. The summed E-state index contributed by atoms with van der Waals surface area (Å²) < 4.78 is 5.10. The molecular weight excluding hydrogens is 468 g/mol. The molecule has 0 bridgehead atoms. The van der Waals surface area contributed by atoms with Crippen LogP contribution in [-0.4, -0.2) is 42.8 Å². The first kappa shape index (κ1) is 24.3. The molecule has 3 aromatic rings. The molecule has 1 aliphatic rings. The SMILES string of the molecule is O=C(COC(=O)c1ccc(N2C(=O)CC(NCCc3ccccc3)C2=O)cc1)c1ccc(Cl)cc1. The number of hydrogen-bond acceptors (Lipinski definition) is 6. The highest BCUT2D eigenvalue weighted by Gasteiger charge is 2.39. The number of halogens is 1. The topological polar surface area (TPSA) is 92.8 Å². The van der Waals surface area contributed by atoms with E-state index in [1.807, 2.05) is 30.3 Å². The fourth-order valence-corrected chi connectivity index (χ4v) is 3.90. The highest BCUT2D eigenvalue weighted by molar-refractivity contribution is 6.30. The van der Waals surface area contributed by atoms with Crippen LogP contribution in [-0.2, 0) is 20.7 Å². The first-order valence-corrected chi connectivity index (χ1v) is 11.5. The van der Waals surface area contributed by atoms with Gasteiger partial charge in [-0.3, -0.25) is 14.4 Å². The predicted octanol–water partition coefficient (Wildman–Crippen LogP) is 3.84. The summed E-state index contributed by atoms with van der Waals surface area (Å²) in [6.07, 6.45) is 0.820. The molecule has 2 amide bonds. The second kappa shape index (κ2) is 11.1. The molecule has 35 heavy (non-hydrogen) atoms. The number of hydrogen-bond donors (Lipinski definition) is 1. The van der Waals surface area contributed by atoms with Gasteiger partial charge in [-0.2, -0.15) is 0 Å². The molecule has 1 atom stereocenters. The van der Waals surface area contributed by atoms with E-state index in [1.165, 1.54) is 24.3 Å². The number of amides is 2. The number of carbonyl (C=O) groups is 4. The Labute approximate surface area is 207 Å². The van der Waals surface area contributed by atoms with Gasteiger partial charge in [0.2, 0.25) is 5.91 Å². The second-order valence-electron chi connectivity index (χ2n) is 8.07. The molecule has 1 unspecified atom stereocenters. The van der Waals surface area contributed by atoms with Crippen LogP contribution < -0.4 is 10.2 Å². The average Bonchev–Trinajstić information content (AvgIpc) is 3.16. The summed E-state index contributed by atoms with van der Waals surface area (Å²) in [6, 6.07) is 21.5. The standard InChI is InChI=1S/C27H23ClN2O5/c28-21-10-6-19(7-11-21)24(31)17-35-27(34)20-8-12-22(13-9-20)30-25(32)16-23(26(30)33)29-15-14-18-4-2-1-3-5-18/h1-13,23,29H,14-17H2. The van der Waals surface area contributed by atoms with Crippen LogP contribution in [0.15, 0.2) is 78.9 Å². The van der Waals surface area contributed by atoms with Gasteiger partial charge in [0.15, 0.2) is 12.4 Å². The van der Waals surface area contributed by atoms with Crippen molar-refractivity contribution in [2.75, 3.05) is 18.1 Å². The number of ether oxygens (including phenoxy) is 1. The number of anilines is 1. The summed E-state index contributed by atoms with van der Waals surface area (Å²) in [4.78, 5) is 50.9. The van der Waals surface area contributed by atoms with E-state index < -0.39 is 18.6 Å². The lowest BCUT2D eigenvalue weighted by Gasteiger charge is -2.16. The first-order valence-electron chi connectivity index (χ1n) is 11.1. The maximum atomic E-state index is 12.8. The molecule has 0 radical (unpaired) electrons. The molecular formula is C27H23ClN2O5. The van der Waals surface area contributed by atoms with Crippen LogP contribution in [0.4, 0.5) is 5.69 Å². The van der Waals surface area contributed by atoms with E-state index in [1.54, 1.807) is 24.3 Å². The minimum absolute atomic E-state index is 0.0736. The van der Waals surface area contributed by atoms with E-state index in [0.717, 1.165) is 16.9 Å². The Hall–Kier alpha value is -3.81. The largest absolute Gasteiger partial charge is 0.454 e. The van der Waals surface area contributed by atoms with Gasteiger partial charge >= 0.3 is 5.97 Å². The number of Topliss-reactive ketones (excluding diaryl/α,β-unsaturated/α-hetero) is 1. The lowest BCUT2D eigenvalue weighted by molar-refractivity contribution is -0.121. The van der Waals surface area contributed by atoms with Gasteiger partial charge in [-0.1, -0.05) is 41.9 Å². The maximum absolute atomic E-state index is 12.8. The van der Waals surface area contributed by atoms with Crippen LogP contribution in [0.3, 0.4) is 0 Å². The summed E-state index contributed by atoms with van der Waals surface area (Å²) in [5.74, 6) is -1.67. The zero-order chi connectivity index (χ0) is 24.8. The molecule has 1 N–H and O–H groups in total. The third kappa shape index (κ3) is 6.01. The Balaban J connectivity index is 1.31. The predicted molar refractivity (Wildman–Crippen MR) is 132 cm³/mol. The van der Waals surface area contributed by atoms with Gasteiger partial charge in [0.05, 0.1) is 23.7 Å². The molecule has 0 aliphatic carbocycles. The van der Waals surface area contributed by atoms with Crippen LogP contribution in [0.1, 0.15) is 32.7 Å². The van der Waals surface area contributed by atoms with Crippen molar-refractivity contribution >= 4 is 40.9 Å². The molecule has 7 nitrogen and oxygen atoms in total. The lowest BCUT2D eigenvalue weighted by Crippen LogP contribution is -2.39. The van der Waals surface area contributed by atoms with E-state index in [2.05, 4.69) is 5.32 Å². The van der Waals surface area contributed by atoms with Crippen molar-refractivity contribution in [1.29, 1.82) is 0 Å². The van der Waals surface area contributed by atoms with Crippen molar-refractivity contribution in [3.8, 4) is 0 Å². The van der Waals surface area contributed by atoms with Crippen molar-refractivity contribution in [2.45, 2.75) is 18.9 Å². The Morgan fingerprint density at radius 2 is 1.57 bits per heavy atom. The Kier molecular flexibility index (Phi) is 7.70. The number of imide groups is 1. The minimum atomic E-state index is -0.682. The molecule has 0 aromatic heterocycles. The van der Waals surface area contributed by atoms with Gasteiger partial charge in [0.1, 0.15) is 0 Å². The molecule has 0 spiro atoms. The highest BCUT2D eigenvalue weighted by atomic mass is 35.5. The number of esters is 1. The van der Waals surface area contributed by atoms with Crippen molar-refractivity contribution in [3.05, 3.63) is 101 Å². The summed E-state index contributed by atoms with van der Waals surface area (Å²) in [5, 5.41) is 3.66. The zero-order valence-electron chi connectivity index (χ0n) is 18.8. The van der Waals surface area contributed by atoms with Crippen molar-refractivity contribution in [3.63, 3.8) is 0 Å². The summed E-state index contributed by atoms with van der Waals surface area (Å²) >= 11 is 5.81. The summed E-state index contributed by atoms with van der Waals surface area (Å²) in [7, 11) is 0. The van der Waals surface area contributed by atoms with Gasteiger partial charge in [-0.15, -0.1) is 0 Å². The van der Waals surface area contributed by atoms with Crippen molar-refractivity contribution < 1.29 is 23.9 Å².